The van der Waals surface area contributed by atoms with Crippen LogP contribution in [0.25, 0.3) is 0 Å². The van der Waals surface area contributed by atoms with E-state index >= 15 is 0 Å². The molecule has 0 atom stereocenters. The van der Waals surface area contributed by atoms with Crippen LogP contribution < -0.4 is 0 Å². The topological polar surface area (TPSA) is 46.5 Å². The van der Waals surface area contributed by atoms with Gasteiger partial charge in [0.15, 0.2) is 0 Å². The summed E-state index contributed by atoms with van der Waals surface area (Å²) >= 11 is 0. The van der Waals surface area contributed by atoms with E-state index in [0.717, 1.165) is 24.8 Å². The molecule has 1 fully saturated rings. The molecule has 0 saturated heterocycles. The van der Waals surface area contributed by atoms with Gasteiger partial charge in [-0.05, 0) is 30.4 Å². The molecule has 1 aromatic rings. The summed E-state index contributed by atoms with van der Waals surface area (Å²) in [5, 5.41) is 8.61. The molecular weight excluding hydrogens is 216 g/mol. The van der Waals surface area contributed by atoms with Crippen LogP contribution in [0.2, 0.25) is 0 Å². The van der Waals surface area contributed by atoms with Gasteiger partial charge >= 0.3 is 5.97 Å². The summed E-state index contributed by atoms with van der Waals surface area (Å²) < 4.78 is 5.48. The van der Waals surface area contributed by atoms with Crippen molar-refractivity contribution in [1.29, 1.82) is 0 Å². The number of hydrogen-bond acceptors (Lipinski definition) is 2. The molecule has 0 unspecified atom stereocenters. The normalized spacial score (nSPS) is 16.8. The Hall–Kier alpha value is -1.35. The van der Waals surface area contributed by atoms with Crippen molar-refractivity contribution in [3.05, 3.63) is 35.4 Å². The maximum atomic E-state index is 10.5. The average molecular weight is 234 g/mol. The van der Waals surface area contributed by atoms with Crippen molar-refractivity contribution in [3.8, 4) is 0 Å². The van der Waals surface area contributed by atoms with E-state index in [1.807, 2.05) is 12.1 Å². The predicted octanol–water partition coefficient (Wildman–Crippen LogP) is 2.43. The lowest BCUT2D eigenvalue weighted by atomic mass is 10.0. The summed E-state index contributed by atoms with van der Waals surface area (Å²) in [5.41, 5.74) is 2.43. The molecule has 0 bridgehead atoms. The van der Waals surface area contributed by atoms with E-state index in [2.05, 4.69) is 12.1 Å². The number of hydrogen-bond donors (Lipinski definition) is 1. The van der Waals surface area contributed by atoms with Crippen LogP contribution >= 0.6 is 0 Å². The minimum Gasteiger partial charge on any atom is -0.481 e. The molecule has 0 aromatic heterocycles. The zero-order chi connectivity index (χ0) is 12.3. The number of carboxylic acid groups (broad SMARTS) is 1. The van der Waals surface area contributed by atoms with Gasteiger partial charge in [0.05, 0.1) is 5.60 Å². The number of aryl methyl sites for hydroxylation is 1. The van der Waals surface area contributed by atoms with Gasteiger partial charge in [-0.25, -0.2) is 0 Å². The Morgan fingerprint density at radius 2 is 1.88 bits per heavy atom. The largest absolute Gasteiger partial charge is 0.481 e. The van der Waals surface area contributed by atoms with Crippen molar-refractivity contribution in [2.24, 2.45) is 0 Å². The highest BCUT2D eigenvalue weighted by Crippen LogP contribution is 2.41. The summed E-state index contributed by atoms with van der Waals surface area (Å²) in [6.45, 7) is 0. The molecule has 1 N–H and O–H groups in total. The summed E-state index contributed by atoms with van der Waals surface area (Å²) in [6.07, 6.45) is 4.05. The zero-order valence-electron chi connectivity index (χ0n) is 10.1. The fraction of sp³-hybridized carbons (Fsp3) is 0.500. The number of methoxy groups -OCH3 is 1. The van der Waals surface area contributed by atoms with E-state index in [1.54, 1.807) is 7.11 Å². The highest BCUT2D eigenvalue weighted by molar-refractivity contribution is 5.67. The predicted molar refractivity (Wildman–Crippen MR) is 65.1 cm³/mol. The molecule has 1 aromatic carbocycles. The van der Waals surface area contributed by atoms with E-state index in [-0.39, 0.29) is 12.0 Å². The quantitative estimate of drug-likeness (QED) is 0.822. The summed E-state index contributed by atoms with van der Waals surface area (Å²) in [4.78, 5) is 10.5. The third-order valence-electron chi connectivity index (χ3n) is 3.42. The minimum absolute atomic E-state index is 0.0859. The lowest BCUT2D eigenvalue weighted by Gasteiger charge is -2.13. The highest BCUT2D eigenvalue weighted by atomic mass is 16.5. The molecule has 1 aliphatic rings. The summed E-state index contributed by atoms with van der Waals surface area (Å²) in [5.74, 6) is -0.745. The van der Waals surface area contributed by atoms with Gasteiger partial charge in [0.1, 0.15) is 0 Å². The van der Waals surface area contributed by atoms with Gasteiger partial charge in [0, 0.05) is 20.0 Å². The summed E-state index contributed by atoms with van der Waals surface area (Å²) in [6, 6.07) is 8.20. The first-order valence-corrected chi connectivity index (χ1v) is 5.98. The van der Waals surface area contributed by atoms with Crippen LogP contribution in [0.1, 0.15) is 30.4 Å². The molecule has 0 spiro atoms. The van der Waals surface area contributed by atoms with Gasteiger partial charge in [-0.3, -0.25) is 4.79 Å². The Morgan fingerprint density at radius 1 is 1.29 bits per heavy atom. The smallest absolute Gasteiger partial charge is 0.303 e. The zero-order valence-corrected chi connectivity index (χ0v) is 10.1. The molecule has 0 radical (unpaired) electrons. The average Bonchev–Trinajstić information content (AvgIpc) is 3.09. The van der Waals surface area contributed by atoms with Crippen molar-refractivity contribution >= 4 is 5.97 Å². The molecule has 17 heavy (non-hydrogen) atoms. The number of benzene rings is 1. The lowest BCUT2D eigenvalue weighted by Crippen LogP contribution is -2.14. The fourth-order valence-corrected chi connectivity index (χ4v) is 2.04. The molecule has 3 heteroatoms. The number of rotatable bonds is 6. The molecule has 0 aliphatic heterocycles. The molecule has 0 heterocycles. The first-order valence-electron chi connectivity index (χ1n) is 5.98. The number of carboxylic acids is 1. The fourth-order valence-electron chi connectivity index (χ4n) is 2.04. The van der Waals surface area contributed by atoms with Crippen molar-refractivity contribution in [2.75, 3.05) is 7.11 Å². The first-order chi connectivity index (χ1) is 8.13. The Balaban J connectivity index is 1.91. The van der Waals surface area contributed by atoms with Crippen LogP contribution in [0, 0.1) is 0 Å². The van der Waals surface area contributed by atoms with Gasteiger partial charge in [-0.1, -0.05) is 24.3 Å². The first kappa shape index (κ1) is 12.1. The van der Waals surface area contributed by atoms with E-state index in [9.17, 15) is 4.79 Å². The van der Waals surface area contributed by atoms with Crippen LogP contribution in [0.3, 0.4) is 0 Å². The third kappa shape index (κ3) is 3.30. The van der Waals surface area contributed by atoms with Crippen LogP contribution in [0.4, 0.5) is 0 Å². The molecule has 2 rings (SSSR count). The maximum absolute atomic E-state index is 10.5. The molecule has 1 saturated carbocycles. The monoisotopic (exact) mass is 234 g/mol. The van der Waals surface area contributed by atoms with E-state index in [0.29, 0.717) is 6.42 Å². The van der Waals surface area contributed by atoms with E-state index in [1.165, 1.54) is 5.56 Å². The highest BCUT2D eigenvalue weighted by Gasteiger charge is 2.42. The molecule has 92 valence electrons. The van der Waals surface area contributed by atoms with Crippen LogP contribution in [-0.4, -0.2) is 23.8 Å². The molecular formula is C14H18O3. The van der Waals surface area contributed by atoms with E-state index in [4.69, 9.17) is 9.84 Å². The molecule has 0 amide bonds. The SMILES string of the molecule is COC1(Cc2ccc(CCC(=O)O)cc2)CC1. The second-order valence-corrected chi connectivity index (χ2v) is 4.77. The van der Waals surface area contributed by atoms with Gasteiger partial charge in [0.2, 0.25) is 0 Å². The van der Waals surface area contributed by atoms with Crippen molar-refractivity contribution in [2.45, 2.75) is 37.7 Å². The molecule has 1 aliphatic carbocycles. The maximum Gasteiger partial charge on any atom is 0.303 e. The minimum atomic E-state index is -0.745. The van der Waals surface area contributed by atoms with Gasteiger partial charge in [-0.2, -0.15) is 0 Å². The van der Waals surface area contributed by atoms with Crippen LogP contribution in [0.15, 0.2) is 24.3 Å². The third-order valence-corrected chi connectivity index (χ3v) is 3.42. The Bertz CT molecular complexity index is 390. The standard InChI is InChI=1S/C14H18O3/c1-17-14(8-9-14)10-12-4-2-11(3-5-12)6-7-13(15)16/h2-5H,6-10H2,1H3,(H,15,16). The van der Waals surface area contributed by atoms with E-state index < -0.39 is 5.97 Å². The van der Waals surface area contributed by atoms with Crippen molar-refractivity contribution in [1.82, 2.24) is 0 Å². The van der Waals surface area contributed by atoms with Crippen LogP contribution in [0.5, 0.6) is 0 Å². The number of aliphatic carboxylic acids is 1. The summed E-state index contributed by atoms with van der Waals surface area (Å²) in [7, 11) is 1.77. The van der Waals surface area contributed by atoms with Crippen molar-refractivity contribution < 1.29 is 14.6 Å². The second-order valence-electron chi connectivity index (χ2n) is 4.77. The Morgan fingerprint density at radius 3 is 2.35 bits per heavy atom. The van der Waals surface area contributed by atoms with Gasteiger partial charge < -0.3 is 9.84 Å². The Kier molecular flexibility index (Phi) is 3.48. The van der Waals surface area contributed by atoms with Gasteiger partial charge in [0.25, 0.3) is 0 Å². The molecule has 3 nitrogen and oxygen atoms in total. The van der Waals surface area contributed by atoms with Crippen LogP contribution in [-0.2, 0) is 22.4 Å². The lowest BCUT2D eigenvalue weighted by molar-refractivity contribution is -0.136. The number of carbonyl (C=O) groups is 1. The number of ether oxygens (including phenoxy) is 1. The van der Waals surface area contributed by atoms with Gasteiger partial charge in [-0.15, -0.1) is 0 Å². The Labute approximate surface area is 101 Å². The van der Waals surface area contributed by atoms with Crippen molar-refractivity contribution in [3.63, 3.8) is 0 Å². The second kappa shape index (κ2) is 4.88.